The Labute approximate surface area is 378 Å². The van der Waals surface area contributed by atoms with Gasteiger partial charge in [0, 0.05) is 42.4 Å². The molecule has 8 rings (SSSR count). The van der Waals surface area contributed by atoms with Crippen LogP contribution in [0.3, 0.4) is 0 Å². The summed E-state index contributed by atoms with van der Waals surface area (Å²) < 4.78 is 97.7. The van der Waals surface area contributed by atoms with Crippen molar-refractivity contribution in [2.75, 3.05) is 33.7 Å². The Bertz CT molecular complexity index is 2920. The molecule has 7 aromatic rings. The van der Waals surface area contributed by atoms with Crippen molar-refractivity contribution in [1.29, 1.82) is 0 Å². The Kier molecular flexibility index (Phi) is 12.6. The number of pyridine rings is 2. The first kappa shape index (κ1) is 44.6. The molecule has 16 nitrogen and oxygen atoms in total. The van der Waals surface area contributed by atoms with Crippen LogP contribution in [0.2, 0.25) is 10.0 Å². The van der Waals surface area contributed by atoms with Crippen LogP contribution >= 0.6 is 23.2 Å². The van der Waals surface area contributed by atoms with E-state index in [0.717, 1.165) is 24.3 Å². The molecule has 0 saturated heterocycles. The third kappa shape index (κ3) is 10.3. The van der Waals surface area contributed by atoms with Crippen molar-refractivity contribution >= 4 is 63.8 Å². The molecular weight excluding hydrogens is 921 g/mol. The zero-order chi connectivity index (χ0) is 46.6. The van der Waals surface area contributed by atoms with Gasteiger partial charge in [-0.25, -0.2) is 14.7 Å². The second-order valence-corrected chi connectivity index (χ2v) is 14.5. The van der Waals surface area contributed by atoms with E-state index in [1.807, 2.05) is 0 Å². The minimum absolute atomic E-state index is 0.0161. The number of carbonyl (C=O) groups excluding carboxylic acids is 2. The lowest BCUT2D eigenvalue weighted by molar-refractivity contribution is -0.138. The van der Waals surface area contributed by atoms with E-state index in [0.29, 0.717) is 69.7 Å². The van der Waals surface area contributed by atoms with Gasteiger partial charge in [0.25, 0.3) is 0 Å². The number of hydrazine groups is 1. The number of amides is 4. The molecule has 0 radical (unpaired) electrons. The number of nitrogens with zero attached hydrogens (tertiary/aromatic N) is 8. The van der Waals surface area contributed by atoms with Gasteiger partial charge in [-0.15, -0.1) is 5.10 Å². The molecule has 0 aliphatic carbocycles. The average Bonchev–Trinajstić information content (AvgIpc) is 4.04. The minimum Gasteiger partial charge on any atom is -0.457 e. The maximum atomic E-state index is 14.5. The number of anilines is 4. The molecule has 0 fully saturated rings. The molecule has 3 aromatic heterocycles. The topological polar surface area (TPSA) is 188 Å². The van der Waals surface area contributed by atoms with E-state index < -0.39 is 57.0 Å². The maximum absolute atomic E-state index is 14.5. The van der Waals surface area contributed by atoms with Crippen LogP contribution in [0.4, 0.5) is 58.7 Å². The van der Waals surface area contributed by atoms with Crippen LogP contribution in [-0.2, 0) is 12.4 Å². The first-order valence-corrected chi connectivity index (χ1v) is 19.8. The normalized spacial score (nSPS) is 12.5. The Morgan fingerprint density at radius 1 is 0.621 bits per heavy atom. The highest BCUT2D eigenvalue weighted by Crippen LogP contribution is 2.41. The van der Waals surface area contributed by atoms with E-state index in [9.17, 15) is 35.9 Å². The predicted molar refractivity (Wildman–Crippen MR) is 230 cm³/mol. The summed E-state index contributed by atoms with van der Waals surface area (Å²) in [5, 5.41) is 20.8. The molecule has 4 amide bonds. The fourth-order valence-corrected chi connectivity index (χ4v) is 6.70. The van der Waals surface area contributed by atoms with Crippen LogP contribution in [0.15, 0.2) is 127 Å². The van der Waals surface area contributed by atoms with Crippen molar-refractivity contribution in [2.24, 2.45) is 4.99 Å². The lowest BCUT2D eigenvalue weighted by Gasteiger charge is -2.35. The predicted octanol–water partition coefficient (Wildman–Crippen LogP) is 10.6. The monoisotopic (exact) mass is 948 g/mol. The number of aliphatic imine (C=N–C) groups is 1. The van der Waals surface area contributed by atoms with E-state index in [-0.39, 0.29) is 22.9 Å². The number of urea groups is 2. The van der Waals surface area contributed by atoms with Crippen molar-refractivity contribution in [3.05, 3.63) is 148 Å². The maximum Gasteiger partial charge on any atom is 0.417 e. The van der Waals surface area contributed by atoms with Gasteiger partial charge in [0.15, 0.2) is 5.82 Å². The molecule has 24 heteroatoms. The van der Waals surface area contributed by atoms with Gasteiger partial charge in [0.05, 0.1) is 39.1 Å². The molecule has 4 N–H and O–H groups in total. The Morgan fingerprint density at radius 3 is 1.55 bits per heavy atom. The van der Waals surface area contributed by atoms with Crippen LogP contribution in [0.5, 0.6) is 23.0 Å². The smallest absolute Gasteiger partial charge is 0.417 e. The first-order chi connectivity index (χ1) is 31.6. The lowest BCUT2D eigenvalue weighted by atomic mass is 10.1. The summed E-state index contributed by atoms with van der Waals surface area (Å²) >= 11 is 11.9. The van der Waals surface area contributed by atoms with Crippen molar-refractivity contribution in [1.82, 2.24) is 35.9 Å². The molecular formula is C42H28Cl2F6N12O4. The second-order valence-electron chi connectivity index (χ2n) is 13.7. The molecule has 0 atom stereocenters. The molecule has 336 valence electrons. The van der Waals surface area contributed by atoms with Crippen molar-refractivity contribution in [3.63, 3.8) is 0 Å². The van der Waals surface area contributed by atoms with Crippen molar-refractivity contribution in [2.45, 2.75) is 12.4 Å². The molecule has 1 aliphatic heterocycles. The number of hydrogen-bond acceptors (Lipinski definition) is 11. The zero-order valence-corrected chi connectivity index (χ0v) is 34.7. The number of H-pyrrole nitrogens is 1. The van der Waals surface area contributed by atoms with Gasteiger partial charge < -0.3 is 25.4 Å². The van der Waals surface area contributed by atoms with Crippen LogP contribution in [0, 0.1) is 0 Å². The molecule has 1 aliphatic rings. The van der Waals surface area contributed by atoms with Gasteiger partial charge >= 0.3 is 24.4 Å². The fraction of sp³-hybridized carbons (Fsp3) is 0.0952. The van der Waals surface area contributed by atoms with Gasteiger partial charge in [-0.3, -0.25) is 15.0 Å². The summed E-state index contributed by atoms with van der Waals surface area (Å²) in [6, 6.07) is 19.5. The molecule has 0 bridgehead atoms. The van der Waals surface area contributed by atoms with E-state index in [1.54, 1.807) is 24.3 Å². The Balaban J connectivity index is 1.12. The number of carbonyl (C=O) groups is 2. The second kappa shape index (κ2) is 18.6. The molecule has 0 saturated carbocycles. The zero-order valence-electron chi connectivity index (χ0n) is 33.2. The van der Waals surface area contributed by atoms with E-state index in [1.165, 1.54) is 60.9 Å². The van der Waals surface area contributed by atoms with Crippen LogP contribution in [0.1, 0.15) is 16.8 Å². The quantitative estimate of drug-likeness (QED) is 0.0759. The molecule has 0 spiro atoms. The summed E-state index contributed by atoms with van der Waals surface area (Å²) in [6.45, 7) is 1.26. The number of aromatic amines is 1. The minimum atomic E-state index is -5.08. The number of amidine groups is 1. The number of aromatic nitrogens is 6. The Morgan fingerprint density at radius 2 is 1.11 bits per heavy atom. The van der Waals surface area contributed by atoms with Gasteiger partial charge in [-0.2, -0.15) is 36.4 Å². The Hall–Kier alpha value is -7.98. The molecule has 0 unspecified atom stereocenters. The average molecular weight is 950 g/mol. The van der Waals surface area contributed by atoms with Crippen molar-refractivity contribution in [3.8, 4) is 34.5 Å². The van der Waals surface area contributed by atoms with Crippen LogP contribution in [-0.4, -0.2) is 61.6 Å². The summed E-state index contributed by atoms with van der Waals surface area (Å²) in [6.07, 6.45) is -7.17. The van der Waals surface area contributed by atoms with E-state index >= 15 is 0 Å². The number of benzene rings is 4. The van der Waals surface area contributed by atoms with Gasteiger partial charge in [-0.05, 0) is 107 Å². The number of rotatable bonds is 10. The van der Waals surface area contributed by atoms with Gasteiger partial charge in [0.1, 0.15) is 40.2 Å². The number of halogens is 8. The SMILES string of the molecule is O=C(Nc1ccc(Oc2ccnc(C3=NCCN3)c2)cc1)N(c1ccc(Cl)c(C(F)(F)F)c1)N(C(=O)Nc1ccc(Oc2ccnc(-c3nnn[nH]3)c2)cc1)c1ccc(Cl)c(C(F)(F)F)c1. The number of ether oxygens (including phenoxy) is 2. The van der Waals surface area contributed by atoms with Gasteiger partial charge in [0.2, 0.25) is 0 Å². The standard InChI is InChI=1S/C42H28Cl2F6N12O4/c43-33-11-5-25(19-31(33)41(45,46)47)61(39(63)55-23-1-7-27(8-2-23)65-29-13-15-51-35(21-29)37-53-17-18-54-37)62(26-6-12-34(44)32(20-26)42(48,49)50)40(64)56-24-3-9-28(10-4-24)66-30-14-16-52-36(22-30)38-57-59-60-58-38/h1-16,19-22H,17-18H2,(H,53,54)(H,55,63)(H,56,64)(H,57,58,59,60). The summed E-state index contributed by atoms with van der Waals surface area (Å²) in [7, 11) is 0. The number of hydrogen-bond donors (Lipinski definition) is 4. The number of tetrazole rings is 1. The molecule has 66 heavy (non-hydrogen) atoms. The molecule has 4 aromatic carbocycles. The summed E-state index contributed by atoms with van der Waals surface area (Å²) in [5.41, 5.74) is -3.16. The lowest BCUT2D eigenvalue weighted by Crippen LogP contribution is -2.54. The van der Waals surface area contributed by atoms with E-state index in [4.69, 9.17) is 32.7 Å². The third-order valence-corrected chi connectivity index (χ3v) is 9.89. The van der Waals surface area contributed by atoms with Crippen LogP contribution in [0.25, 0.3) is 11.5 Å². The highest BCUT2D eigenvalue weighted by Gasteiger charge is 2.39. The summed E-state index contributed by atoms with van der Waals surface area (Å²) in [4.78, 5) is 41.8. The highest BCUT2D eigenvalue weighted by atomic mass is 35.5. The van der Waals surface area contributed by atoms with Crippen LogP contribution < -0.4 is 35.4 Å². The first-order valence-electron chi connectivity index (χ1n) is 19.1. The molecule has 4 heterocycles. The van der Waals surface area contributed by atoms with E-state index in [2.05, 4.69) is 51.5 Å². The van der Waals surface area contributed by atoms with Gasteiger partial charge in [-0.1, -0.05) is 23.2 Å². The number of nitrogens with one attached hydrogen (secondary N) is 4. The number of alkyl halides is 6. The van der Waals surface area contributed by atoms with Crippen molar-refractivity contribution < 1.29 is 45.4 Å². The fourth-order valence-electron chi connectivity index (χ4n) is 6.25. The highest BCUT2D eigenvalue weighted by molar-refractivity contribution is 6.32. The third-order valence-electron chi connectivity index (χ3n) is 9.23. The largest absolute Gasteiger partial charge is 0.457 e. The summed E-state index contributed by atoms with van der Waals surface area (Å²) in [5.74, 6) is 2.15.